The fraction of sp³-hybridized carbons (Fsp3) is 0.500. The van der Waals surface area contributed by atoms with Crippen molar-refractivity contribution in [3.05, 3.63) is 16.9 Å². The molecule has 0 aliphatic rings. The van der Waals surface area contributed by atoms with Crippen LogP contribution in [-0.2, 0) is 16.5 Å². The van der Waals surface area contributed by atoms with Gasteiger partial charge in [0.25, 0.3) is 0 Å². The van der Waals surface area contributed by atoms with Gasteiger partial charge in [0.2, 0.25) is 0 Å². The van der Waals surface area contributed by atoms with Gasteiger partial charge < -0.3 is 0 Å². The van der Waals surface area contributed by atoms with Crippen LogP contribution in [0.1, 0.15) is 24.6 Å². The Labute approximate surface area is 103 Å². The number of aryl methyl sites for hydroxylation is 1. The summed E-state index contributed by atoms with van der Waals surface area (Å²) in [5, 5.41) is 1.25. The Morgan fingerprint density at radius 2 is 2.14 bits per heavy atom. The molecule has 0 saturated heterocycles. The molecule has 14 heavy (non-hydrogen) atoms. The van der Waals surface area contributed by atoms with Gasteiger partial charge in [-0.1, -0.05) is 0 Å². The first-order valence-corrected chi connectivity index (χ1v) is 10.2. The van der Waals surface area contributed by atoms with Gasteiger partial charge in [0.15, 0.2) is 0 Å². The van der Waals surface area contributed by atoms with E-state index in [-0.39, 0.29) is 0 Å². The van der Waals surface area contributed by atoms with Gasteiger partial charge >= 0.3 is 35.3 Å². The number of rotatable bonds is 2. The first-order chi connectivity index (χ1) is 6.60. The van der Waals surface area contributed by atoms with Crippen LogP contribution in [0.15, 0.2) is 11.2 Å². The van der Waals surface area contributed by atoms with E-state index < -0.39 is 16.5 Å². The van der Waals surface area contributed by atoms with Gasteiger partial charge in [-0.05, 0) is 20.8 Å². The van der Waals surface area contributed by atoms with Gasteiger partial charge in [0.05, 0.1) is 5.43 Å². The zero-order valence-corrected chi connectivity index (χ0v) is 12.8. The van der Waals surface area contributed by atoms with Crippen molar-refractivity contribution in [3.63, 3.8) is 0 Å². The summed E-state index contributed by atoms with van der Waals surface area (Å²) in [6, 6.07) is 0.390. The first kappa shape index (κ1) is 14.6. The molecule has 1 heterocycles. The van der Waals surface area contributed by atoms with E-state index in [1.807, 2.05) is 19.3 Å². The third-order valence-corrected chi connectivity index (χ3v) is 2.27. The molecule has 80 valence electrons. The topological polar surface area (TPSA) is 25.2 Å². The molecule has 0 saturated carbocycles. The van der Waals surface area contributed by atoms with E-state index in [0.29, 0.717) is 6.04 Å². The minimum absolute atomic E-state index is 0.390. The van der Waals surface area contributed by atoms with Crippen molar-refractivity contribution in [2.75, 3.05) is 0 Å². The predicted octanol–water partition coefficient (Wildman–Crippen LogP) is 3.63. The summed E-state index contributed by atoms with van der Waals surface area (Å²) in [5.41, 5.74) is 1.20. The number of aliphatic imine (C=N–C) groups is 1. The monoisotopic (exact) mass is 336 g/mol. The summed E-state index contributed by atoms with van der Waals surface area (Å²) < 4.78 is 0. The molecule has 6 heteroatoms. The van der Waals surface area contributed by atoms with Crippen LogP contribution in [0.5, 0.6) is 0 Å². The van der Waals surface area contributed by atoms with Gasteiger partial charge in [0.1, 0.15) is 0 Å². The second kappa shape index (κ2) is 8.92. The first-order valence-electron chi connectivity index (χ1n) is 4.04. The Morgan fingerprint density at radius 1 is 1.57 bits per heavy atom. The molecule has 0 radical (unpaired) electrons. The minimum atomic E-state index is -0.586. The predicted molar refractivity (Wildman–Crippen MR) is 62.9 cm³/mol. The molecule has 0 fully saturated rings. The number of aromatic nitrogens is 1. The molecule has 1 aromatic heterocycles. The molecule has 1 unspecified atom stereocenters. The van der Waals surface area contributed by atoms with Crippen LogP contribution >= 0.6 is 27.0 Å². The molecule has 0 aromatic carbocycles. The average Bonchev–Trinajstić information content (AvgIpc) is 2.49. The van der Waals surface area contributed by atoms with Gasteiger partial charge in [-0.3, -0.25) is 9.98 Å². The third-order valence-electron chi connectivity index (χ3n) is 1.23. The number of nitrogens with zero attached hydrogens (tertiary/aromatic N) is 2. The Bertz CT molecular complexity index is 276. The van der Waals surface area contributed by atoms with Gasteiger partial charge in [-0.2, -0.15) is 0 Å². The normalized spacial score (nSPS) is 11.0. The second-order valence-electron chi connectivity index (χ2n) is 2.85. The molecule has 2 nitrogen and oxygen atoms in total. The molecular weight excluding hydrogens is 322 g/mol. The SMILES string of the molecule is Cc1ncc(C=NC(C)C)[pH]1.[Cl][Mo][Cl]. The Morgan fingerprint density at radius 3 is 2.50 bits per heavy atom. The van der Waals surface area contributed by atoms with Crippen LogP contribution in [0.3, 0.4) is 0 Å². The zero-order chi connectivity index (χ0) is 11.0. The summed E-state index contributed by atoms with van der Waals surface area (Å²) in [6.07, 6.45) is 3.84. The summed E-state index contributed by atoms with van der Waals surface area (Å²) in [5.74, 6) is 0. The average molecular weight is 335 g/mol. The van der Waals surface area contributed by atoms with Crippen molar-refractivity contribution >= 4 is 33.2 Å². The fourth-order valence-electron chi connectivity index (χ4n) is 0.735. The molecule has 0 N–H and O–H groups in total. The Kier molecular flexibility index (Phi) is 9.33. The van der Waals surface area contributed by atoms with Crippen LogP contribution in [0.4, 0.5) is 0 Å². The van der Waals surface area contributed by atoms with E-state index in [0.717, 1.165) is 8.19 Å². The summed E-state index contributed by atoms with van der Waals surface area (Å²) in [6.45, 7) is 6.19. The maximum atomic E-state index is 4.89. The van der Waals surface area contributed by atoms with E-state index >= 15 is 0 Å². The fourth-order valence-corrected chi connectivity index (χ4v) is 1.55. The van der Waals surface area contributed by atoms with Crippen molar-refractivity contribution in [1.82, 2.24) is 4.98 Å². The third kappa shape index (κ3) is 8.00. The quantitative estimate of drug-likeness (QED) is 0.599. The maximum absolute atomic E-state index is 4.89. The van der Waals surface area contributed by atoms with Crippen LogP contribution < -0.4 is 0 Å². The van der Waals surface area contributed by atoms with Gasteiger partial charge in [-0.25, -0.2) is 0 Å². The second-order valence-corrected chi connectivity index (χ2v) is 7.45. The van der Waals surface area contributed by atoms with Crippen molar-refractivity contribution in [3.8, 4) is 0 Å². The number of halogens is 2. The van der Waals surface area contributed by atoms with Crippen LogP contribution in [0, 0.1) is 6.92 Å². The van der Waals surface area contributed by atoms with Crippen molar-refractivity contribution < 1.29 is 16.5 Å². The van der Waals surface area contributed by atoms with E-state index in [4.69, 9.17) is 18.8 Å². The van der Waals surface area contributed by atoms with Crippen LogP contribution in [0.25, 0.3) is 0 Å². The van der Waals surface area contributed by atoms with E-state index in [1.54, 1.807) is 0 Å². The van der Waals surface area contributed by atoms with Crippen molar-refractivity contribution in [2.45, 2.75) is 26.8 Å². The zero-order valence-electron chi connectivity index (χ0n) is 8.29. The molecule has 0 spiro atoms. The van der Waals surface area contributed by atoms with Crippen LogP contribution in [-0.4, -0.2) is 17.2 Å². The van der Waals surface area contributed by atoms with Gasteiger partial charge in [0, 0.05) is 23.7 Å². The number of hydrogen-bond donors (Lipinski definition) is 0. The number of hydrogen-bond acceptors (Lipinski definition) is 2. The van der Waals surface area contributed by atoms with E-state index in [1.165, 1.54) is 10.7 Å². The summed E-state index contributed by atoms with van der Waals surface area (Å²) in [7, 11) is 10.5. The standard InChI is InChI=1S/C8H13N2P.2ClH.Mo/c1-6(2)9-4-8-5-10-7(3)11-8;;;/h4-6,11H,1-3H3;2*1H;/q;;;+2/p-2. The molecule has 0 amide bonds. The van der Waals surface area contributed by atoms with Crippen molar-refractivity contribution in [2.24, 2.45) is 4.99 Å². The molecule has 1 aromatic rings. The molecule has 1 atom stereocenters. The molecule has 1 rings (SSSR count). The van der Waals surface area contributed by atoms with Crippen LogP contribution in [0.2, 0.25) is 0 Å². The molecule has 0 aliphatic carbocycles. The molecule has 0 bridgehead atoms. The Balaban J connectivity index is 0.000000500. The molecule has 0 aliphatic heterocycles. The Hall–Kier alpha value is 0.648. The van der Waals surface area contributed by atoms with E-state index in [9.17, 15) is 0 Å². The van der Waals surface area contributed by atoms with Crippen molar-refractivity contribution in [1.29, 1.82) is 0 Å². The van der Waals surface area contributed by atoms with Gasteiger partial charge in [-0.15, -0.1) is 8.19 Å². The summed E-state index contributed by atoms with van der Waals surface area (Å²) >= 11 is -0.586. The summed E-state index contributed by atoms with van der Waals surface area (Å²) in [4.78, 5) is 8.45. The van der Waals surface area contributed by atoms with E-state index in [2.05, 4.69) is 23.8 Å². The molecular formula is C8H13Cl2MoN2P.